The lowest BCUT2D eigenvalue weighted by Crippen LogP contribution is -2.64. The average molecular weight is 340 g/mol. The lowest BCUT2D eigenvalue weighted by atomic mass is 10.2. The first-order valence-corrected chi connectivity index (χ1v) is 10.8. The standard InChI is InChI=1S/C21H29NOSi/c1-21(2,3)24(17-16-20(23)22(4)5,18-12-8-6-9-13-18)19-14-10-7-11-15-19/h6-15H,16-17H2,1-5H3. The van der Waals surface area contributed by atoms with Crippen LogP contribution in [0.1, 0.15) is 27.2 Å². The van der Waals surface area contributed by atoms with Gasteiger partial charge in [0.2, 0.25) is 5.91 Å². The number of rotatable bonds is 5. The number of amides is 1. The molecule has 0 saturated heterocycles. The Morgan fingerprint density at radius 1 is 0.875 bits per heavy atom. The first-order valence-electron chi connectivity index (χ1n) is 8.60. The van der Waals surface area contributed by atoms with E-state index < -0.39 is 8.07 Å². The van der Waals surface area contributed by atoms with Gasteiger partial charge >= 0.3 is 0 Å². The van der Waals surface area contributed by atoms with Crippen molar-refractivity contribution in [1.29, 1.82) is 0 Å². The molecule has 0 aliphatic heterocycles. The molecule has 3 heteroatoms. The van der Waals surface area contributed by atoms with Gasteiger partial charge in [-0.1, -0.05) is 91.8 Å². The van der Waals surface area contributed by atoms with Crippen LogP contribution >= 0.6 is 0 Å². The summed E-state index contributed by atoms with van der Waals surface area (Å²) in [5, 5.41) is 2.94. The second kappa shape index (κ2) is 7.35. The Bertz CT molecular complexity index is 620. The number of hydrogen-bond acceptors (Lipinski definition) is 1. The Morgan fingerprint density at radius 3 is 1.62 bits per heavy atom. The van der Waals surface area contributed by atoms with Crippen molar-refractivity contribution in [1.82, 2.24) is 4.90 Å². The summed E-state index contributed by atoms with van der Waals surface area (Å²) in [6, 6.07) is 22.6. The lowest BCUT2D eigenvalue weighted by Gasteiger charge is -2.44. The maximum atomic E-state index is 12.3. The average Bonchev–Trinajstić information content (AvgIpc) is 2.56. The van der Waals surface area contributed by atoms with Crippen LogP contribution in [0.25, 0.3) is 0 Å². The third-order valence-corrected chi connectivity index (χ3v) is 11.2. The van der Waals surface area contributed by atoms with Crippen molar-refractivity contribution in [3.8, 4) is 0 Å². The van der Waals surface area contributed by atoms with Crippen LogP contribution in [-0.2, 0) is 4.79 Å². The fraction of sp³-hybridized carbons (Fsp3) is 0.381. The molecule has 2 aromatic carbocycles. The monoisotopic (exact) mass is 339 g/mol. The molecule has 0 saturated carbocycles. The smallest absolute Gasteiger partial charge is 0.221 e. The highest BCUT2D eigenvalue weighted by molar-refractivity contribution is 7.04. The van der Waals surface area contributed by atoms with Gasteiger partial charge in [0.1, 0.15) is 8.07 Å². The Hall–Kier alpha value is -1.87. The van der Waals surface area contributed by atoms with Gasteiger partial charge < -0.3 is 4.90 Å². The summed E-state index contributed by atoms with van der Waals surface area (Å²) in [6.45, 7) is 7.00. The molecular formula is C21H29NOSi. The summed E-state index contributed by atoms with van der Waals surface area (Å²) in [7, 11) is 1.58. The topological polar surface area (TPSA) is 20.3 Å². The van der Waals surface area contributed by atoms with E-state index in [1.807, 2.05) is 14.1 Å². The highest BCUT2D eigenvalue weighted by Gasteiger charge is 2.47. The molecule has 0 aromatic heterocycles. The SMILES string of the molecule is CN(C)C(=O)CC[Si](c1ccccc1)(c1ccccc1)C(C)(C)C. The summed E-state index contributed by atoms with van der Waals surface area (Å²) < 4.78 is 0. The number of carbonyl (C=O) groups excluding carboxylic acids is 1. The van der Waals surface area contributed by atoms with E-state index in [0.717, 1.165) is 6.04 Å². The molecule has 2 rings (SSSR count). The molecule has 0 unspecified atom stereocenters. The fourth-order valence-electron chi connectivity index (χ4n) is 3.66. The van der Waals surface area contributed by atoms with E-state index in [9.17, 15) is 4.79 Å². The lowest BCUT2D eigenvalue weighted by molar-refractivity contribution is -0.128. The maximum absolute atomic E-state index is 12.3. The number of benzene rings is 2. The highest BCUT2D eigenvalue weighted by Crippen LogP contribution is 2.39. The zero-order valence-electron chi connectivity index (χ0n) is 15.5. The second-order valence-electron chi connectivity index (χ2n) is 7.68. The fourth-order valence-corrected chi connectivity index (χ4v) is 9.16. The van der Waals surface area contributed by atoms with Crippen molar-refractivity contribution in [2.24, 2.45) is 0 Å². The van der Waals surface area contributed by atoms with E-state index in [1.54, 1.807) is 4.90 Å². The number of hydrogen-bond donors (Lipinski definition) is 0. The normalized spacial score (nSPS) is 12.0. The zero-order valence-corrected chi connectivity index (χ0v) is 16.5. The maximum Gasteiger partial charge on any atom is 0.221 e. The molecule has 0 radical (unpaired) electrons. The Morgan fingerprint density at radius 2 is 1.29 bits per heavy atom. The number of nitrogens with zero attached hydrogens (tertiary/aromatic N) is 1. The molecule has 0 atom stereocenters. The van der Waals surface area contributed by atoms with Crippen molar-refractivity contribution < 1.29 is 4.79 Å². The first-order chi connectivity index (χ1) is 11.3. The van der Waals surface area contributed by atoms with Gasteiger partial charge in [-0.05, 0) is 11.1 Å². The van der Waals surface area contributed by atoms with Crippen LogP contribution in [0.2, 0.25) is 11.1 Å². The van der Waals surface area contributed by atoms with E-state index in [1.165, 1.54) is 10.4 Å². The Balaban J connectivity index is 2.59. The molecule has 0 spiro atoms. The number of carbonyl (C=O) groups is 1. The van der Waals surface area contributed by atoms with Crippen LogP contribution in [0.15, 0.2) is 60.7 Å². The second-order valence-corrected chi connectivity index (χ2v) is 12.6. The third kappa shape index (κ3) is 3.62. The predicted molar refractivity (Wildman–Crippen MR) is 106 cm³/mol. The predicted octanol–water partition coefficient (Wildman–Crippen LogP) is 3.53. The summed E-state index contributed by atoms with van der Waals surface area (Å²) in [4.78, 5) is 14.0. The van der Waals surface area contributed by atoms with Gasteiger partial charge in [-0.3, -0.25) is 4.79 Å². The minimum absolute atomic E-state index is 0.113. The van der Waals surface area contributed by atoms with Gasteiger partial charge in [-0.2, -0.15) is 0 Å². The molecule has 2 nitrogen and oxygen atoms in total. The van der Waals surface area contributed by atoms with E-state index in [-0.39, 0.29) is 10.9 Å². The van der Waals surface area contributed by atoms with Crippen LogP contribution in [0, 0.1) is 0 Å². The van der Waals surface area contributed by atoms with E-state index in [2.05, 4.69) is 81.4 Å². The highest BCUT2D eigenvalue weighted by atomic mass is 28.3. The van der Waals surface area contributed by atoms with Crippen LogP contribution in [0.4, 0.5) is 0 Å². The summed E-state index contributed by atoms with van der Waals surface area (Å²) in [6.07, 6.45) is 0.598. The molecule has 0 bridgehead atoms. The first kappa shape index (κ1) is 18.5. The van der Waals surface area contributed by atoms with Gasteiger partial charge in [0.15, 0.2) is 0 Å². The van der Waals surface area contributed by atoms with E-state index in [0.29, 0.717) is 6.42 Å². The van der Waals surface area contributed by atoms with E-state index >= 15 is 0 Å². The molecule has 0 N–H and O–H groups in total. The summed E-state index contributed by atoms with van der Waals surface area (Å²) >= 11 is 0. The van der Waals surface area contributed by atoms with Crippen molar-refractivity contribution >= 4 is 24.4 Å². The molecule has 2 aromatic rings. The molecule has 0 aliphatic carbocycles. The largest absolute Gasteiger partial charge is 0.349 e. The van der Waals surface area contributed by atoms with Gasteiger partial charge in [0, 0.05) is 20.5 Å². The van der Waals surface area contributed by atoms with Crippen molar-refractivity contribution in [2.45, 2.75) is 38.3 Å². The van der Waals surface area contributed by atoms with E-state index in [4.69, 9.17) is 0 Å². The minimum Gasteiger partial charge on any atom is -0.349 e. The third-order valence-electron chi connectivity index (χ3n) is 5.03. The van der Waals surface area contributed by atoms with Crippen molar-refractivity contribution in [3.63, 3.8) is 0 Å². The molecule has 0 fully saturated rings. The van der Waals surface area contributed by atoms with Gasteiger partial charge in [-0.25, -0.2) is 0 Å². The van der Waals surface area contributed by atoms with Gasteiger partial charge in [0.05, 0.1) is 0 Å². The molecular weight excluding hydrogens is 310 g/mol. The molecule has 1 amide bonds. The zero-order chi connectivity index (χ0) is 17.8. The van der Waals surface area contributed by atoms with Crippen LogP contribution in [-0.4, -0.2) is 33.0 Å². The van der Waals surface area contributed by atoms with Crippen LogP contribution < -0.4 is 10.4 Å². The molecule has 0 heterocycles. The Labute approximate surface area is 147 Å². The summed E-state index contributed by atoms with van der Waals surface area (Å²) in [5.41, 5.74) is 0. The van der Waals surface area contributed by atoms with Crippen LogP contribution in [0.5, 0.6) is 0 Å². The molecule has 128 valence electrons. The van der Waals surface area contributed by atoms with Crippen LogP contribution in [0.3, 0.4) is 0 Å². The van der Waals surface area contributed by atoms with Gasteiger partial charge in [-0.15, -0.1) is 0 Å². The Kier molecular flexibility index (Phi) is 5.65. The molecule has 24 heavy (non-hydrogen) atoms. The summed E-state index contributed by atoms with van der Waals surface area (Å²) in [5.74, 6) is 0.211. The van der Waals surface area contributed by atoms with Crippen molar-refractivity contribution in [3.05, 3.63) is 60.7 Å². The molecule has 0 aliphatic rings. The van der Waals surface area contributed by atoms with Gasteiger partial charge in [0.25, 0.3) is 0 Å². The van der Waals surface area contributed by atoms with Crippen molar-refractivity contribution in [2.75, 3.05) is 14.1 Å². The quantitative estimate of drug-likeness (QED) is 0.763. The minimum atomic E-state index is -2.11.